The van der Waals surface area contributed by atoms with Crippen LogP contribution < -0.4 is 10.6 Å². The monoisotopic (exact) mass is 240 g/mol. The molecule has 0 atom stereocenters. The molecule has 2 amide bonds. The summed E-state index contributed by atoms with van der Waals surface area (Å²) >= 11 is 0. The Balaban J connectivity index is 2.33. The molecule has 1 rings (SSSR count). The Kier molecular flexibility index (Phi) is 4.01. The van der Waals surface area contributed by atoms with Crippen LogP contribution in [0.1, 0.15) is 19.8 Å². The average Bonchev–Trinajstić information content (AvgIpc) is 2.14. The van der Waals surface area contributed by atoms with Gasteiger partial charge in [0.05, 0.1) is 0 Å². The largest absolute Gasteiger partial charge is 0.405 e. The van der Waals surface area contributed by atoms with Crippen LogP contribution in [-0.4, -0.2) is 37.5 Å². The molecule has 94 valence electrons. The van der Waals surface area contributed by atoms with Crippen LogP contribution >= 0.6 is 0 Å². The van der Waals surface area contributed by atoms with Gasteiger partial charge in [-0.1, -0.05) is 0 Å². The molecular weight excluding hydrogens is 225 g/mol. The lowest BCUT2D eigenvalue weighted by Crippen LogP contribution is -2.54. The Morgan fingerprint density at radius 1 is 1.38 bits per heavy atom. The van der Waals surface area contributed by atoms with Gasteiger partial charge in [-0.2, -0.15) is 13.2 Å². The van der Waals surface area contributed by atoms with E-state index in [-0.39, 0.29) is 0 Å². The zero-order valence-corrected chi connectivity index (χ0v) is 8.99. The van der Waals surface area contributed by atoms with Crippen LogP contribution in [0.3, 0.4) is 0 Å². The molecule has 0 unspecified atom stereocenters. The van der Waals surface area contributed by atoms with E-state index >= 15 is 0 Å². The maximum Gasteiger partial charge on any atom is 0.405 e. The zero-order chi connectivity index (χ0) is 12.2. The quantitative estimate of drug-likeness (QED) is 0.766. The van der Waals surface area contributed by atoms with E-state index in [1.165, 1.54) is 0 Å². The van der Waals surface area contributed by atoms with Gasteiger partial charge >= 0.3 is 12.2 Å². The Morgan fingerprint density at radius 3 is 2.44 bits per heavy atom. The number of rotatable bonds is 2. The summed E-state index contributed by atoms with van der Waals surface area (Å²) in [6, 6.07) is -0.790. The van der Waals surface area contributed by atoms with Gasteiger partial charge in [0.15, 0.2) is 0 Å². The average molecular weight is 240 g/mol. The highest BCUT2D eigenvalue weighted by Crippen LogP contribution is 2.19. The molecule has 1 aliphatic heterocycles. The SMILES string of the molecule is CC1(NC(=O)NCC(F)(F)F)CCOCC1. The third-order valence-corrected chi connectivity index (χ3v) is 2.46. The van der Waals surface area contributed by atoms with E-state index in [4.69, 9.17) is 4.74 Å². The second-order valence-electron chi connectivity index (χ2n) is 4.10. The molecule has 0 aromatic carbocycles. The lowest BCUT2D eigenvalue weighted by atomic mass is 9.93. The molecule has 1 heterocycles. The van der Waals surface area contributed by atoms with Crippen molar-refractivity contribution in [1.29, 1.82) is 0 Å². The molecule has 0 spiro atoms. The van der Waals surface area contributed by atoms with E-state index in [0.29, 0.717) is 26.1 Å². The van der Waals surface area contributed by atoms with Gasteiger partial charge in [0.25, 0.3) is 0 Å². The van der Waals surface area contributed by atoms with E-state index in [1.54, 1.807) is 12.2 Å². The van der Waals surface area contributed by atoms with E-state index in [2.05, 4.69) is 5.32 Å². The molecular formula is C9H15F3N2O2. The summed E-state index contributed by atoms with van der Waals surface area (Å²) in [5, 5.41) is 4.32. The molecule has 0 bridgehead atoms. The van der Waals surface area contributed by atoms with Crippen LogP contribution in [0.15, 0.2) is 0 Å². The molecule has 7 heteroatoms. The van der Waals surface area contributed by atoms with Gasteiger partial charge in [0, 0.05) is 18.8 Å². The highest BCUT2D eigenvalue weighted by molar-refractivity contribution is 5.74. The van der Waals surface area contributed by atoms with Crippen LogP contribution in [0.4, 0.5) is 18.0 Å². The Hall–Kier alpha value is -0.980. The van der Waals surface area contributed by atoms with Crippen LogP contribution in [0, 0.1) is 0 Å². The second kappa shape index (κ2) is 4.90. The summed E-state index contributed by atoms with van der Waals surface area (Å²) in [5.74, 6) is 0. The van der Waals surface area contributed by atoms with Gasteiger partial charge in [-0.15, -0.1) is 0 Å². The highest BCUT2D eigenvalue weighted by Gasteiger charge is 2.31. The number of alkyl halides is 3. The topological polar surface area (TPSA) is 50.4 Å². The highest BCUT2D eigenvalue weighted by atomic mass is 19.4. The normalized spacial score (nSPS) is 20.2. The zero-order valence-electron chi connectivity index (χ0n) is 8.99. The van der Waals surface area contributed by atoms with Crippen LogP contribution in [-0.2, 0) is 4.74 Å². The van der Waals surface area contributed by atoms with Crippen molar-refractivity contribution in [3.05, 3.63) is 0 Å². The van der Waals surface area contributed by atoms with Crippen molar-refractivity contribution in [3.63, 3.8) is 0 Å². The van der Waals surface area contributed by atoms with Crippen LogP contribution in [0.5, 0.6) is 0 Å². The molecule has 0 aromatic rings. The fourth-order valence-corrected chi connectivity index (χ4v) is 1.45. The van der Waals surface area contributed by atoms with Crippen molar-refractivity contribution in [2.75, 3.05) is 19.8 Å². The molecule has 0 saturated carbocycles. The van der Waals surface area contributed by atoms with Crippen LogP contribution in [0.25, 0.3) is 0 Å². The number of hydrogen-bond acceptors (Lipinski definition) is 2. The van der Waals surface area contributed by atoms with Crippen molar-refractivity contribution in [2.45, 2.75) is 31.5 Å². The van der Waals surface area contributed by atoms with Crippen molar-refractivity contribution < 1.29 is 22.7 Å². The number of ether oxygens (including phenoxy) is 1. The van der Waals surface area contributed by atoms with Crippen LogP contribution in [0.2, 0.25) is 0 Å². The fourth-order valence-electron chi connectivity index (χ4n) is 1.45. The molecule has 0 radical (unpaired) electrons. The molecule has 1 saturated heterocycles. The first-order valence-corrected chi connectivity index (χ1v) is 5.01. The number of carbonyl (C=O) groups excluding carboxylic acids is 1. The standard InChI is InChI=1S/C9H15F3N2O2/c1-8(2-4-16-5-3-8)14-7(15)13-6-9(10,11)12/h2-6H2,1H3,(H2,13,14,15). The van der Waals surface area contributed by atoms with E-state index < -0.39 is 24.3 Å². The summed E-state index contributed by atoms with van der Waals surface area (Å²) in [4.78, 5) is 11.2. The first-order chi connectivity index (χ1) is 7.31. The number of urea groups is 1. The minimum absolute atomic E-state index is 0.478. The molecule has 0 aliphatic carbocycles. The van der Waals surface area contributed by atoms with Gasteiger partial charge in [-0.25, -0.2) is 4.79 Å². The number of carbonyl (C=O) groups is 1. The maximum absolute atomic E-state index is 11.8. The van der Waals surface area contributed by atoms with Crippen molar-refractivity contribution in [2.24, 2.45) is 0 Å². The van der Waals surface area contributed by atoms with Crippen molar-refractivity contribution in [3.8, 4) is 0 Å². The minimum atomic E-state index is -4.38. The number of hydrogen-bond donors (Lipinski definition) is 2. The molecule has 2 N–H and O–H groups in total. The molecule has 16 heavy (non-hydrogen) atoms. The smallest absolute Gasteiger partial charge is 0.381 e. The predicted octanol–water partition coefficient (Wildman–Crippen LogP) is 1.42. The Bertz CT molecular complexity index is 250. The van der Waals surface area contributed by atoms with E-state index in [1.807, 2.05) is 0 Å². The Labute approximate surface area is 91.5 Å². The fraction of sp³-hybridized carbons (Fsp3) is 0.889. The van der Waals surface area contributed by atoms with Crippen molar-refractivity contribution in [1.82, 2.24) is 10.6 Å². The van der Waals surface area contributed by atoms with E-state index in [9.17, 15) is 18.0 Å². The van der Waals surface area contributed by atoms with Gasteiger partial charge in [0.1, 0.15) is 6.54 Å². The first kappa shape index (κ1) is 13.1. The van der Waals surface area contributed by atoms with Gasteiger partial charge in [-0.3, -0.25) is 0 Å². The maximum atomic E-state index is 11.8. The number of amides is 2. The van der Waals surface area contributed by atoms with Gasteiger partial charge in [0.2, 0.25) is 0 Å². The molecule has 4 nitrogen and oxygen atoms in total. The number of nitrogens with one attached hydrogen (secondary N) is 2. The number of halogens is 3. The van der Waals surface area contributed by atoms with Crippen molar-refractivity contribution >= 4 is 6.03 Å². The van der Waals surface area contributed by atoms with Gasteiger partial charge in [-0.05, 0) is 19.8 Å². The lowest BCUT2D eigenvalue weighted by molar-refractivity contribution is -0.122. The summed E-state index contributed by atoms with van der Waals surface area (Å²) in [6.45, 7) is 1.50. The molecule has 0 aromatic heterocycles. The Morgan fingerprint density at radius 2 is 1.94 bits per heavy atom. The predicted molar refractivity (Wildman–Crippen MR) is 51.0 cm³/mol. The third-order valence-electron chi connectivity index (χ3n) is 2.46. The van der Waals surface area contributed by atoms with Gasteiger partial charge < -0.3 is 15.4 Å². The third kappa shape index (κ3) is 4.69. The first-order valence-electron chi connectivity index (χ1n) is 5.01. The summed E-state index contributed by atoms with van der Waals surface area (Å²) < 4.78 is 40.6. The van der Waals surface area contributed by atoms with E-state index in [0.717, 1.165) is 0 Å². The summed E-state index contributed by atoms with van der Waals surface area (Å²) in [5.41, 5.74) is -0.478. The minimum Gasteiger partial charge on any atom is -0.381 e. The summed E-state index contributed by atoms with van der Waals surface area (Å²) in [7, 11) is 0. The lowest BCUT2D eigenvalue weighted by Gasteiger charge is -2.34. The summed E-state index contributed by atoms with van der Waals surface area (Å²) in [6.07, 6.45) is -3.17. The molecule has 1 fully saturated rings. The molecule has 1 aliphatic rings. The second-order valence-corrected chi connectivity index (χ2v) is 4.10.